The molecule has 2 aliphatic heterocycles. The molecule has 0 aromatic heterocycles. The monoisotopic (exact) mass is 434 g/mol. The van der Waals surface area contributed by atoms with Crippen molar-refractivity contribution < 1.29 is 18.7 Å². The number of methoxy groups -OCH3 is 1. The van der Waals surface area contributed by atoms with Gasteiger partial charge in [0.05, 0.1) is 25.1 Å². The first kappa shape index (κ1) is 19.6. The Balaban J connectivity index is 1.63. The summed E-state index contributed by atoms with van der Waals surface area (Å²) >= 11 is 1.30. The number of carbonyl (C=O) groups is 2. The highest BCUT2D eigenvalue weighted by molar-refractivity contribution is 8.02. The molecule has 0 N–H and O–H groups in total. The molecule has 2 amide bonds. The smallest absolute Gasteiger partial charge is 0.269 e. The van der Waals surface area contributed by atoms with E-state index in [1.807, 2.05) is 24.3 Å². The van der Waals surface area contributed by atoms with Gasteiger partial charge in [-0.25, -0.2) is 4.39 Å². The Kier molecular flexibility index (Phi) is 4.70. The van der Waals surface area contributed by atoms with Crippen molar-refractivity contribution in [1.82, 2.24) is 0 Å². The molecule has 0 bridgehead atoms. The lowest BCUT2D eigenvalue weighted by molar-refractivity contribution is -0.123. The SMILES string of the molecule is COc1ccc(N2C(=O)CS[C@]23C(=O)N(Cc2ccccc2F)c2ccccc23)cc1. The number of para-hydroxylation sites is 1. The predicted octanol–water partition coefficient (Wildman–Crippen LogP) is 4.31. The Morgan fingerprint density at radius 1 is 1.00 bits per heavy atom. The molecular weight excluding hydrogens is 415 g/mol. The third-order valence-corrected chi connectivity index (χ3v) is 7.07. The maximum absolute atomic E-state index is 14.4. The number of carbonyl (C=O) groups excluding carboxylic acids is 2. The predicted molar refractivity (Wildman–Crippen MR) is 119 cm³/mol. The third-order valence-electron chi connectivity index (χ3n) is 5.68. The minimum atomic E-state index is -1.21. The number of halogens is 1. The van der Waals surface area contributed by atoms with Crippen LogP contribution in [0, 0.1) is 5.82 Å². The van der Waals surface area contributed by atoms with Crippen LogP contribution in [0.4, 0.5) is 15.8 Å². The van der Waals surface area contributed by atoms with E-state index in [2.05, 4.69) is 0 Å². The summed E-state index contributed by atoms with van der Waals surface area (Å²) in [6.07, 6.45) is 0. The van der Waals surface area contributed by atoms with Crippen LogP contribution >= 0.6 is 11.8 Å². The zero-order valence-corrected chi connectivity index (χ0v) is 17.6. The van der Waals surface area contributed by atoms with Crippen LogP contribution in [0.3, 0.4) is 0 Å². The Morgan fingerprint density at radius 3 is 2.45 bits per heavy atom. The second-order valence-corrected chi connectivity index (χ2v) is 8.53. The molecule has 1 atom stereocenters. The van der Waals surface area contributed by atoms with E-state index in [9.17, 15) is 14.0 Å². The first-order chi connectivity index (χ1) is 15.1. The molecule has 31 heavy (non-hydrogen) atoms. The standard InChI is InChI=1S/C24H19FN2O3S/c1-30-18-12-10-17(11-13-18)27-22(28)15-31-24(27)19-7-3-5-9-21(19)26(23(24)29)14-16-6-2-4-8-20(16)25/h2-13H,14-15H2,1H3/t24-/m1/s1. The van der Waals surface area contributed by atoms with Gasteiger partial charge in [-0.15, -0.1) is 11.8 Å². The van der Waals surface area contributed by atoms with Crippen molar-refractivity contribution in [1.29, 1.82) is 0 Å². The van der Waals surface area contributed by atoms with E-state index >= 15 is 0 Å². The van der Waals surface area contributed by atoms with E-state index in [1.165, 1.54) is 17.8 Å². The van der Waals surface area contributed by atoms with E-state index in [-0.39, 0.29) is 29.9 Å². The van der Waals surface area contributed by atoms with Gasteiger partial charge < -0.3 is 9.64 Å². The lowest BCUT2D eigenvalue weighted by Crippen LogP contribution is -2.49. The Morgan fingerprint density at radius 2 is 1.71 bits per heavy atom. The molecule has 0 saturated carbocycles. The van der Waals surface area contributed by atoms with Gasteiger partial charge in [0.15, 0.2) is 0 Å². The molecule has 3 aromatic rings. The Bertz CT molecular complexity index is 1180. The molecule has 2 aliphatic rings. The van der Waals surface area contributed by atoms with Crippen molar-refractivity contribution in [3.8, 4) is 5.75 Å². The van der Waals surface area contributed by atoms with Crippen LogP contribution in [0.2, 0.25) is 0 Å². The summed E-state index contributed by atoms with van der Waals surface area (Å²) in [5.41, 5.74) is 2.47. The minimum Gasteiger partial charge on any atom is -0.497 e. The number of nitrogens with zero attached hydrogens (tertiary/aromatic N) is 2. The van der Waals surface area contributed by atoms with Gasteiger partial charge in [0.2, 0.25) is 10.8 Å². The van der Waals surface area contributed by atoms with Crippen LogP contribution in [0.25, 0.3) is 0 Å². The van der Waals surface area contributed by atoms with Crippen molar-refractivity contribution in [2.24, 2.45) is 0 Å². The Hall–Kier alpha value is -3.32. The minimum absolute atomic E-state index is 0.0927. The number of benzene rings is 3. The first-order valence-electron chi connectivity index (χ1n) is 9.82. The zero-order chi connectivity index (χ0) is 21.6. The fraction of sp³-hybridized carbons (Fsp3) is 0.167. The van der Waals surface area contributed by atoms with Crippen molar-refractivity contribution in [2.45, 2.75) is 11.4 Å². The van der Waals surface area contributed by atoms with Gasteiger partial charge in [-0.3, -0.25) is 14.5 Å². The molecule has 1 fully saturated rings. The maximum atomic E-state index is 14.4. The van der Waals surface area contributed by atoms with Gasteiger partial charge in [-0.2, -0.15) is 0 Å². The lowest BCUT2D eigenvalue weighted by Gasteiger charge is -2.33. The second-order valence-electron chi connectivity index (χ2n) is 7.36. The van der Waals surface area contributed by atoms with E-state index in [0.29, 0.717) is 22.7 Å². The van der Waals surface area contributed by atoms with Gasteiger partial charge in [-0.1, -0.05) is 36.4 Å². The molecule has 0 radical (unpaired) electrons. The first-order valence-corrected chi connectivity index (χ1v) is 10.8. The highest BCUT2D eigenvalue weighted by Crippen LogP contribution is 2.56. The number of hydrogen-bond acceptors (Lipinski definition) is 4. The molecule has 5 nitrogen and oxygen atoms in total. The molecule has 2 heterocycles. The summed E-state index contributed by atoms with van der Waals surface area (Å²) in [6.45, 7) is 0.0927. The molecule has 7 heteroatoms. The summed E-state index contributed by atoms with van der Waals surface area (Å²) in [6, 6.07) is 20.9. The highest BCUT2D eigenvalue weighted by Gasteiger charge is 2.60. The molecule has 0 aliphatic carbocycles. The molecular formula is C24H19FN2O3S. The normalized spacial score (nSPS) is 19.9. The summed E-state index contributed by atoms with van der Waals surface area (Å²) in [5.74, 6) is 0.0848. The second kappa shape index (κ2) is 7.42. The van der Waals surface area contributed by atoms with Crippen LogP contribution in [0.5, 0.6) is 5.75 Å². The van der Waals surface area contributed by atoms with Crippen LogP contribution in [-0.4, -0.2) is 24.7 Å². The lowest BCUT2D eigenvalue weighted by atomic mass is 10.0. The summed E-state index contributed by atoms with van der Waals surface area (Å²) in [5, 5.41) is 0. The van der Waals surface area contributed by atoms with E-state index in [0.717, 1.165) is 5.56 Å². The van der Waals surface area contributed by atoms with Gasteiger partial charge in [0.25, 0.3) is 5.91 Å². The number of hydrogen-bond donors (Lipinski definition) is 0. The van der Waals surface area contributed by atoms with Gasteiger partial charge in [0, 0.05) is 16.8 Å². The molecule has 156 valence electrons. The fourth-order valence-corrected chi connectivity index (χ4v) is 5.60. The summed E-state index contributed by atoms with van der Waals surface area (Å²) in [4.78, 5) is 28.9. The number of amides is 2. The van der Waals surface area contributed by atoms with Crippen molar-refractivity contribution in [3.63, 3.8) is 0 Å². The topological polar surface area (TPSA) is 49.9 Å². The van der Waals surface area contributed by atoms with Crippen molar-refractivity contribution in [2.75, 3.05) is 22.7 Å². The van der Waals surface area contributed by atoms with Gasteiger partial charge >= 0.3 is 0 Å². The molecule has 1 saturated heterocycles. The maximum Gasteiger partial charge on any atom is 0.269 e. The number of thioether (sulfide) groups is 1. The zero-order valence-electron chi connectivity index (χ0n) is 16.7. The number of rotatable bonds is 4. The van der Waals surface area contributed by atoms with Crippen LogP contribution in [-0.2, 0) is 21.0 Å². The number of ether oxygens (including phenoxy) is 1. The quantitative estimate of drug-likeness (QED) is 0.614. The highest BCUT2D eigenvalue weighted by atomic mass is 32.2. The molecule has 3 aromatic carbocycles. The summed E-state index contributed by atoms with van der Waals surface area (Å²) in [7, 11) is 1.57. The average molecular weight is 434 g/mol. The molecule has 0 unspecified atom stereocenters. The van der Waals surface area contributed by atoms with Crippen LogP contribution in [0.15, 0.2) is 72.8 Å². The van der Waals surface area contributed by atoms with Crippen molar-refractivity contribution in [3.05, 3.63) is 89.7 Å². The van der Waals surface area contributed by atoms with Gasteiger partial charge in [-0.05, 0) is 36.4 Å². The van der Waals surface area contributed by atoms with Crippen LogP contribution in [0.1, 0.15) is 11.1 Å². The number of anilines is 2. The fourth-order valence-electron chi connectivity index (χ4n) is 4.24. The van der Waals surface area contributed by atoms with E-state index in [4.69, 9.17) is 4.74 Å². The van der Waals surface area contributed by atoms with Gasteiger partial charge in [0.1, 0.15) is 11.6 Å². The Labute approximate surface area is 183 Å². The number of fused-ring (bicyclic) bond motifs is 2. The van der Waals surface area contributed by atoms with E-state index < -0.39 is 4.87 Å². The van der Waals surface area contributed by atoms with Crippen molar-refractivity contribution >= 4 is 35.0 Å². The van der Waals surface area contributed by atoms with Crippen LogP contribution < -0.4 is 14.5 Å². The molecule has 1 spiro atoms. The summed E-state index contributed by atoms with van der Waals surface area (Å²) < 4.78 is 19.6. The molecule has 5 rings (SSSR count). The largest absolute Gasteiger partial charge is 0.497 e. The third kappa shape index (κ3) is 2.91. The average Bonchev–Trinajstić information content (AvgIpc) is 3.26. The van der Waals surface area contributed by atoms with E-state index in [1.54, 1.807) is 59.4 Å².